The molecule has 0 aliphatic heterocycles. The smallest absolute Gasteiger partial charge is 0.351 e. The number of rotatable bonds is 3. The van der Waals surface area contributed by atoms with Crippen LogP contribution < -0.4 is 0 Å². The van der Waals surface area contributed by atoms with Crippen molar-refractivity contribution in [3.63, 3.8) is 0 Å². The summed E-state index contributed by atoms with van der Waals surface area (Å²) in [7, 11) is 1.14. The molecule has 0 unspecified atom stereocenters. The Bertz CT molecular complexity index is 1000. The summed E-state index contributed by atoms with van der Waals surface area (Å²) in [6.07, 6.45) is 0.0164. The number of allylic oxidation sites excluding steroid dienone is 4. The number of carbonyl (C=O) groups is 3. The third-order valence-electron chi connectivity index (χ3n) is 9.10. The molecular formula is C24H28Cl2F2O6. The van der Waals surface area contributed by atoms with E-state index in [-0.39, 0.29) is 24.8 Å². The van der Waals surface area contributed by atoms with Gasteiger partial charge in [-0.15, -0.1) is 0 Å². The van der Waals surface area contributed by atoms with Crippen molar-refractivity contribution in [2.45, 2.75) is 68.4 Å². The van der Waals surface area contributed by atoms with Gasteiger partial charge in [-0.3, -0.25) is 4.79 Å². The summed E-state index contributed by atoms with van der Waals surface area (Å²) in [5.41, 5.74) is -7.08. The fourth-order valence-corrected chi connectivity index (χ4v) is 7.66. The highest BCUT2D eigenvalue weighted by atomic mass is 35.5. The zero-order chi connectivity index (χ0) is 25.4. The predicted molar refractivity (Wildman–Crippen MR) is 120 cm³/mol. The lowest BCUT2D eigenvalue weighted by atomic mass is 9.44. The number of hydrogen-bond acceptors (Lipinski definition) is 6. The zero-order valence-corrected chi connectivity index (χ0v) is 20.8. The molecule has 188 valence electrons. The van der Waals surface area contributed by atoms with Crippen LogP contribution in [-0.2, 0) is 23.9 Å². The highest BCUT2D eigenvalue weighted by molar-refractivity contribution is 6.53. The van der Waals surface area contributed by atoms with E-state index < -0.39 is 74.7 Å². The van der Waals surface area contributed by atoms with E-state index in [1.54, 1.807) is 13.8 Å². The third kappa shape index (κ3) is 2.97. The zero-order valence-electron chi connectivity index (χ0n) is 19.3. The molecule has 4 rings (SSSR count). The average molecular weight is 521 g/mol. The number of aliphatic hydroxyl groups excluding tert-OH is 1. The Labute approximate surface area is 206 Å². The molecule has 3 fully saturated rings. The van der Waals surface area contributed by atoms with Gasteiger partial charge in [-0.05, 0) is 49.8 Å². The second kappa shape index (κ2) is 8.00. The second-order valence-corrected chi connectivity index (χ2v) is 11.5. The first-order chi connectivity index (χ1) is 15.7. The van der Waals surface area contributed by atoms with Gasteiger partial charge in [-0.1, -0.05) is 43.1 Å². The Morgan fingerprint density at radius 1 is 1.24 bits per heavy atom. The van der Waals surface area contributed by atoms with Crippen LogP contribution in [0.25, 0.3) is 0 Å². The lowest BCUT2D eigenvalue weighted by Gasteiger charge is -2.63. The summed E-state index contributed by atoms with van der Waals surface area (Å²) < 4.78 is 43.4. The van der Waals surface area contributed by atoms with E-state index >= 15 is 8.78 Å². The van der Waals surface area contributed by atoms with Crippen molar-refractivity contribution in [1.29, 1.82) is 0 Å². The molecule has 0 saturated heterocycles. The molecule has 3 saturated carbocycles. The fourth-order valence-electron chi connectivity index (χ4n) is 7.57. The van der Waals surface area contributed by atoms with Gasteiger partial charge in [0.1, 0.15) is 6.17 Å². The first kappa shape index (κ1) is 25.6. The van der Waals surface area contributed by atoms with Crippen molar-refractivity contribution in [3.8, 4) is 0 Å². The highest BCUT2D eigenvalue weighted by Crippen LogP contribution is 2.71. The minimum absolute atomic E-state index is 0.00484. The van der Waals surface area contributed by atoms with Crippen LogP contribution in [0.15, 0.2) is 23.8 Å². The molecule has 0 spiro atoms. The van der Waals surface area contributed by atoms with Crippen LogP contribution in [0, 0.1) is 28.6 Å². The summed E-state index contributed by atoms with van der Waals surface area (Å²) in [5.74, 6) is -4.72. The first-order valence-corrected chi connectivity index (χ1v) is 12.1. The fraction of sp³-hybridized carbons (Fsp3) is 0.708. The van der Waals surface area contributed by atoms with Crippen molar-refractivity contribution in [2.75, 3.05) is 7.11 Å². The summed E-state index contributed by atoms with van der Waals surface area (Å²) in [6, 6.07) is 0. The Kier molecular flexibility index (Phi) is 6.02. The number of ketones is 1. The highest BCUT2D eigenvalue weighted by Gasteiger charge is 2.78. The van der Waals surface area contributed by atoms with E-state index in [2.05, 4.69) is 0 Å². The number of fused-ring (bicyclic) bond motifs is 5. The molecular weight excluding hydrogens is 493 g/mol. The maximum Gasteiger partial charge on any atom is 0.351 e. The SMILES string of the molecule is COC(=O)[C@]1(OC(=O)C(Cl)Cl)[C@@H](C)C[C@H]2[C@@H]3C[C@H](F)C4=CC(=O)C=C[C@]4(C)[C@@]3(F)[C@@H](O)C[C@@]21C. The Morgan fingerprint density at radius 3 is 2.47 bits per heavy atom. The molecule has 0 amide bonds. The van der Waals surface area contributed by atoms with Crippen LogP contribution in [0.5, 0.6) is 0 Å². The third-order valence-corrected chi connectivity index (χ3v) is 9.45. The van der Waals surface area contributed by atoms with Crippen LogP contribution in [0.2, 0.25) is 0 Å². The largest absolute Gasteiger partial charge is 0.466 e. The van der Waals surface area contributed by atoms with Crippen molar-refractivity contribution in [2.24, 2.45) is 28.6 Å². The van der Waals surface area contributed by atoms with Crippen LogP contribution in [0.3, 0.4) is 0 Å². The average Bonchev–Trinajstić information content (AvgIpc) is 2.98. The molecule has 4 aliphatic carbocycles. The molecule has 4 aliphatic rings. The van der Waals surface area contributed by atoms with Gasteiger partial charge in [-0.2, -0.15) is 0 Å². The van der Waals surface area contributed by atoms with Gasteiger partial charge in [0.25, 0.3) is 0 Å². The van der Waals surface area contributed by atoms with Crippen LogP contribution in [0.4, 0.5) is 8.78 Å². The standard InChI is InChI=1S/C24H28Cl2F2O6/c1-11-7-13-14-9-16(27)15-8-12(29)5-6-21(15,2)23(14,28)17(30)10-22(13,3)24(11,20(32)33-4)34-19(31)18(25)26/h5-6,8,11,13-14,16-18,30H,7,9-10H2,1-4H3/t11-,13-,14-,16-,17-,21-,22-,23-,24+/m0/s1. The van der Waals surface area contributed by atoms with Gasteiger partial charge in [-0.25, -0.2) is 18.4 Å². The molecule has 6 nitrogen and oxygen atoms in total. The number of aliphatic hydroxyl groups is 1. The molecule has 0 aromatic rings. The second-order valence-electron chi connectivity index (χ2n) is 10.4. The summed E-state index contributed by atoms with van der Waals surface area (Å²) in [4.78, 5) is 36.1. The van der Waals surface area contributed by atoms with Gasteiger partial charge in [0.05, 0.1) is 13.2 Å². The van der Waals surface area contributed by atoms with E-state index in [1.807, 2.05) is 0 Å². The lowest BCUT2D eigenvalue weighted by Crippen LogP contribution is -2.71. The van der Waals surface area contributed by atoms with Crippen molar-refractivity contribution >= 4 is 40.9 Å². The van der Waals surface area contributed by atoms with Gasteiger partial charge < -0.3 is 14.6 Å². The van der Waals surface area contributed by atoms with E-state index in [0.717, 1.165) is 13.2 Å². The molecule has 1 N–H and O–H groups in total. The minimum atomic E-state index is -2.32. The van der Waals surface area contributed by atoms with E-state index in [9.17, 15) is 19.5 Å². The van der Waals surface area contributed by atoms with Gasteiger partial charge in [0.2, 0.25) is 10.4 Å². The molecule has 0 aromatic heterocycles. The summed E-state index contributed by atoms with van der Waals surface area (Å²) >= 11 is 11.4. The molecule has 34 heavy (non-hydrogen) atoms. The van der Waals surface area contributed by atoms with Crippen molar-refractivity contribution in [1.82, 2.24) is 0 Å². The molecule has 0 heterocycles. The van der Waals surface area contributed by atoms with Crippen molar-refractivity contribution in [3.05, 3.63) is 23.8 Å². The van der Waals surface area contributed by atoms with E-state index in [1.165, 1.54) is 19.1 Å². The van der Waals surface area contributed by atoms with Crippen LogP contribution >= 0.6 is 23.2 Å². The maximum atomic E-state index is 17.2. The topological polar surface area (TPSA) is 89.9 Å². The number of alkyl halides is 4. The van der Waals surface area contributed by atoms with Crippen molar-refractivity contribution < 1.29 is 37.7 Å². The van der Waals surface area contributed by atoms with Crippen LogP contribution in [0.1, 0.15) is 40.0 Å². The number of ether oxygens (including phenoxy) is 2. The van der Waals surface area contributed by atoms with E-state index in [0.29, 0.717) is 0 Å². The maximum absolute atomic E-state index is 17.2. The molecule has 0 radical (unpaired) electrons. The van der Waals surface area contributed by atoms with E-state index in [4.69, 9.17) is 32.7 Å². The number of carbonyl (C=O) groups excluding carboxylic acids is 3. The predicted octanol–water partition coefficient (Wildman–Crippen LogP) is 3.81. The van der Waals surface area contributed by atoms with Gasteiger partial charge >= 0.3 is 11.9 Å². The lowest BCUT2D eigenvalue weighted by molar-refractivity contribution is -0.237. The number of methoxy groups -OCH3 is 1. The Hall–Kier alpha value is -1.51. The number of esters is 2. The molecule has 0 bridgehead atoms. The summed E-state index contributed by atoms with van der Waals surface area (Å²) in [5, 5.41) is 11.4. The quantitative estimate of drug-likeness (QED) is 0.449. The van der Waals surface area contributed by atoms with Gasteiger partial charge in [0.15, 0.2) is 11.5 Å². The summed E-state index contributed by atoms with van der Waals surface area (Å²) in [6.45, 7) is 4.79. The minimum Gasteiger partial charge on any atom is -0.466 e. The van der Waals surface area contributed by atoms with Crippen LogP contribution in [-0.4, -0.2) is 58.3 Å². The Morgan fingerprint density at radius 2 is 1.88 bits per heavy atom. The number of halogens is 4. The molecule has 0 aromatic carbocycles. The normalized spacial score (nSPS) is 47.4. The Balaban J connectivity index is 1.88. The monoisotopic (exact) mass is 520 g/mol. The van der Waals surface area contributed by atoms with Gasteiger partial charge in [0, 0.05) is 22.7 Å². The molecule has 9 atom stereocenters. The first-order valence-electron chi connectivity index (χ1n) is 11.3. The molecule has 10 heteroatoms. The number of hydrogen-bond donors (Lipinski definition) is 1.